The predicted molar refractivity (Wildman–Crippen MR) is 69.3 cm³/mol. The second-order valence-electron chi connectivity index (χ2n) is 4.35. The summed E-state index contributed by atoms with van der Waals surface area (Å²) in [5.74, 6) is 0.435. The first kappa shape index (κ1) is 12.3. The van der Waals surface area contributed by atoms with Crippen molar-refractivity contribution in [2.75, 3.05) is 5.32 Å². The van der Waals surface area contributed by atoms with Gasteiger partial charge in [0.25, 0.3) is 0 Å². The van der Waals surface area contributed by atoms with Gasteiger partial charge in [-0.15, -0.1) is 0 Å². The third kappa shape index (κ3) is 2.94. The summed E-state index contributed by atoms with van der Waals surface area (Å²) in [7, 11) is 0. The van der Waals surface area contributed by atoms with Crippen LogP contribution in [-0.4, -0.2) is 20.7 Å². The molecule has 0 fully saturated rings. The van der Waals surface area contributed by atoms with E-state index in [-0.39, 0.29) is 12.5 Å². The van der Waals surface area contributed by atoms with Gasteiger partial charge in [-0.3, -0.25) is 9.48 Å². The van der Waals surface area contributed by atoms with Crippen LogP contribution in [0.15, 0.2) is 24.4 Å². The first-order valence-corrected chi connectivity index (χ1v) is 5.78. The summed E-state index contributed by atoms with van der Waals surface area (Å²) in [4.78, 5) is 15.9. The van der Waals surface area contributed by atoms with Gasteiger partial charge in [0, 0.05) is 11.9 Å². The zero-order valence-electron chi connectivity index (χ0n) is 10.8. The first-order valence-electron chi connectivity index (χ1n) is 5.78. The molecule has 0 atom stereocenters. The molecule has 0 aliphatic rings. The van der Waals surface area contributed by atoms with E-state index < -0.39 is 0 Å². The van der Waals surface area contributed by atoms with E-state index in [9.17, 15) is 4.79 Å². The largest absolute Gasteiger partial charge is 0.309 e. The van der Waals surface area contributed by atoms with E-state index in [1.54, 1.807) is 16.9 Å². The van der Waals surface area contributed by atoms with Gasteiger partial charge in [0.15, 0.2) is 0 Å². The molecule has 1 N–H and O–H groups in total. The Labute approximate surface area is 106 Å². The number of nitrogens with one attached hydrogen (secondary N) is 1. The van der Waals surface area contributed by atoms with Crippen LogP contribution in [0.3, 0.4) is 0 Å². The lowest BCUT2D eigenvalue weighted by atomic mass is 10.3. The van der Waals surface area contributed by atoms with Crippen molar-refractivity contribution in [2.45, 2.75) is 27.3 Å². The SMILES string of the molecule is Cc1ccc(NC(=O)Cn2nc(C)cc2C)nc1. The van der Waals surface area contributed by atoms with Gasteiger partial charge in [-0.1, -0.05) is 6.07 Å². The highest BCUT2D eigenvalue weighted by atomic mass is 16.2. The number of aryl methyl sites for hydroxylation is 3. The van der Waals surface area contributed by atoms with Gasteiger partial charge in [0.05, 0.1) is 5.69 Å². The van der Waals surface area contributed by atoms with E-state index in [0.717, 1.165) is 17.0 Å². The fourth-order valence-electron chi connectivity index (χ4n) is 1.70. The molecule has 94 valence electrons. The van der Waals surface area contributed by atoms with E-state index in [4.69, 9.17) is 0 Å². The van der Waals surface area contributed by atoms with Crippen molar-refractivity contribution in [1.82, 2.24) is 14.8 Å². The molecular formula is C13H16N4O. The summed E-state index contributed by atoms with van der Waals surface area (Å²) in [6.45, 7) is 5.99. The minimum Gasteiger partial charge on any atom is -0.309 e. The lowest BCUT2D eigenvalue weighted by Crippen LogP contribution is -2.20. The van der Waals surface area contributed by atoms with Gasteiger partial charge in [-0.2, -0.15) is 5.10 Å². The monoisotopic (exact) mass is 244 g/mol. The highest BCUT2D eigenvalue weighted by Crippen LogP contribution is 2.05. The number of aromatic nitrogens is 3. The zero-order chi connectivity index (χ0) is 13.1. The molecule has 0 bridgehead atoms. The lowest BCUT2D eigenvalue weighted by molar-refractivity contribution is -0.117. The number of rotatable bonds is 3. The minimum absolute atomic E-state index is 0.127. The van der Waals surface area contributed by atoms with Gasteiger partial charge < -0.3 is 5.32 Å². The smallest absolute Gasteiger partial charge is 0.247 e. The number of carbonyl (C=O) groups excluding carboxylic acids is 1. The van der Waals surface area contributed by atoms with Crippen LogP contribution in [0.2, 0.25) is 0 Å². The Kier molecular flexibility index (Phi) is 3.41. The maximum Gasteiger partial charge on any atom is 0.247 e. The Balaban J connectivity index is 2.01. The number of hydrogen-bond donors (Lipinski definition) is 1. The van der Waals surface area contributed by atoms with Crippen molar-refractivity contribution >= 4 is 11.7 Å². The highest BCUT2D eigenvalue weighted by molar-refractivity contribution is 5.89. The fourth-order valence-corrected chi connectivity index (χ4v) is 1.70. The summed E-state index contributed by atoms with van der Waals surface area (Å²) in [5, 5.41) is 6.98. The molecule has 18 heavy (non-hydrogen) atoms. The molecule has 0 spiro atoms. The first-order chi connectivity index (χ1) is 8.54. The quantitative estimate of drug-likeness (QED) is 0.896. The second-order valence-corrected chi connectivity index (χ2v) is 4.35. The van der Waals surface area contributed by atoms with E-state index in [0.29, 0.717) is 5.82 Å². The molecule has 5 nitrogen and oxygen atoms in total. The van der Waals surface area contributed by atoms with Gasteiger partial charge in [-0.05, 0) is 38.5 Å². The van der Waals surface area contributed by atoms with Gasteiger partial charge in [0.1, 0.15) is 12.4 Å². The third-order valence-corrected chi connectivity index (χ3v) is 2.58. The molecule has 2 aromatic rings. The number of anilines is 1. The van der Waals surface area contributed by atoms with Crippen LogP contribution >= 0.6 is 0 Å². The van der Waals surface area contributed by atoms with Gasteiger partial charge >= 0.3 is 0 Å². The fraction of sp³-hybridized carbons (Fsp3) is 0.308. The number of pyridine rings is 1. The number of nitrogens with zero attached hydrogens (tertiary/aromatic N) is 3. The zero-order valence-corrected chi connectivity index (χ0v) is 10.8. The molecule has 0 aliphatic carbocycles. The number of carbonyl (C=O) groups is 1. The summed E-state index contributed by atoms with van der Waals surface area (Å²) in [6, 6.07) is 5.64. The van der Waals surface area contributed by atoms with E-state index in [1.165, 1.54) is 0 Å². The molecule has 2 aromatic heterocycles. The topological polar surface area (TPSA) is 59.8 Å². The second kappa shape index (κ2) is 5.00. The Morgan fingerprint density at radius 1 is 1.33 bits per heavy atom. The standard InChI is InChI=1S/C13H16N4O/c1-9-4-5-12(14-7-9)15-13(18)8-17-11(3)6-10(2)16-17/h4-7H,8H2,1-3H3,(H,14,15,18). The number of amides is 1. The minimum atomic E-state index is -0.127. The molecule has 0 saturated heterocycles. The Hall–Kier alpha value is -2.17. The lowest BCUT2D eigenvalue weighted by Gasteiger charge is -2.06. The van der Waals surface area contributed by atoms with Crippen LogP contribution in [0.4, 0.5) is 5.82 Å². The van der Waals surface area contributed by atoms with Crippen molar-refractivity contribution in [3.63, 3.8) is 0 Å². The van der Waals surface area contributed by atoms with Crippen LogP contribution in [-0.2, 0) is 11.3 Å². The van der Waals surface area contributed by atoms with Crippen molar-refractivity contribution in [3.8, 4) is 0 Å². The normalized spacial score (nSPS) is 10.4. The molecule has 0 aromatic carbocycles. The molecule has 0 unspecified atom stereocenters. The summed E-state index contributed by atoms with van der Waals surface area (Å²) < 4.78 is 1.68. The molecular weight excluding hydrogens is 228 g/mol. The van der Waals surface area contributed by atoms with Crippen LogP contribution in [0, 0.1) is 20.8 Å². The predicted octanol–water partition coefficient (Wildman–Crippen LogP) is 1.84. The van der Waals surface area contributed by atoms with Crippen LogP contribution in [0.1, 0.15) is 17.0 Å². The van der Waals surface area contributed by atoms with Crippen LogP contribution in [0.25, 0.3) is 0 Å². The van der Waals surface area contributed by atoms with Crippen molar-refractivity contribution < 1.29 is 4.79 Å². The molecule has 2 rings (SSSR count). The van der Waals surface area contributed by atoms with Crippen LogP contribution in [0.5, 0.6) is 0 Å². The summed E-state index contributed by atoms with van der Waals surface area (Å²) in [5.41, 5.74) is 2.94. The van der Waals surface area contributed by atoms with Crippen molar-refractivity contribution in [2.24, 2.45) is 0 Å². The highest BCUT2D eigenvalue weighted by Gasteiger charge is 2.07. The maximum atomic E-state index is 11.8. The summed E-state index contributed by atoms with van der Waals surface area (Å²) >= 11 is 0. The Morgan fingerprint density at radius 3 is 2.67 bits per heavy atom. The maximum absolute atomic E-state index is 11.8. The van der Waals surface area contributed by atoms with E-state index in [1.807, 2.05) is 32.9 Å². The molecule has 1 amide bonds. The third-order valence-electron chi connectivity index (χ3n) is 2.58. The van der Waals surface area contributed by atoms with Crippen molar-refractivity contribution in [1.29, 1.82) is 0 Å². The molecule has 0 radical (unpaired) electrons. The van der Waals surface area contributed by atoms with Crippen LogP contribution < -0.4 is 5.32 Å². The van der Waals surface area contributed by atoms with Crippen molar-refractivity contribution in [3.05, 3.63) is 41.3 Å². The Bertz CT molecular complexity index is 557. The van der Waals surface area contributed by atoms with E-state index >= 15 is 0 Å². The van der Waals surface area contributed by atoms with Gasteiger partial charge in [0.2, 0.25) is 5.91 Å². The number of hydrogen-bond acceptors (Lipinski definition) is 3. The molecule has 0 aliphatic heterocycles. The average molecular weight is 244 g/mol. The summed E-state index contributed by atoms with van der Waals surface area (Å²) in [6.07, 6.45) is 1.72. The van der Waals surface area contributed by atoms with E-state index in [2.05, 4.69) is 15.4 Å². The Morgan fingerprint density at radius 2 is 2.11 bits per heavy atom. The molecule has 0 saturated carbocycles. The molecule has 5 heteroatoms. The molecule has 2 heterocycles. The van der Waals surface area contributed by atoms with Gasteiger partial charge in [-0.25, -0.2) is 4.98 Å². The average Bonchev–Trinajstić information content (AvgIpc) is 2.61.